The van der Waals surface area contributed by atoms with E-state index in [1.807, 2.05) is 12.2 Å². The Kier molecular flexibility index (Phi) is 5.98. The second-order valence-electron chi connectivity index (χ2n) is 7.27. The maximum absolute atomic E-state index is 13.8. The summed E-state index contributed by atoms with van der Waals surface area (Å²) in [5.41, 5.74) is 3.94. The van der Waals surface area contributed by atoms with Gasteiger partial charge in [0.05, 0.1) is 26.9 Å². The van der Waals surface area contributed by atoms with Gasteiger partial charge in [0.25, 0.3) is 0 Å². The van der Waals surface area contributed by atoms with Gasteiger partial charge in [0.15, 0.2) is 11.5 Å². The molecule has 1 aromatic heterocycles. The molecule has 0 atom stereocenters. The van der Waals surface area contributed by atoms with Crippen molar-refractivity contribution in [1.82, 2.24) is 5.32 Å². The summed E-state index contributed by atoms with van der Waals surface area (Å²) in [7, 11) is 2.91. The number of hydrogen-bond acceptors (Lipinski definition) is 5. The van der Waals surface area contributed by atoms with Gasteiger partial charge in [-0.1, -0.05) is 6.07 Å². The molecule has 1 aliphatic rings. The number of fused-ring (bicyclic) bond motifs is 1. The van der Waals surface area contributed by atoms with E-state index in [1.54, 1.807) is 30.3 Å². The zero-order chi connectivity index (χ0) is 22.7. The van der Waals surface area contributed by atoms with E-state index >= 15 is 0 Å². The fourth-order valence-corrected chi connectivity index (χ4v) is 3.64. The van der Waals surface area contributed by atoms with Crippen molar-refractivity contribution in [3.8, 4) is 17.2 Å². The summed E-state index contributed by atoms with van der Waals surface area (Å²) >= 11 is 0. The minimum Gasteiger partial charge on any atom is -0.502 e. The molecule has 32 heavy (non-hydrogen) atoms. The highest BCUT2D eigenvalue weighted by Gasteiger charge is 2.21. The number of furan rings is 1. The van der Waals surface area contributed by atoms with E-state index in [0.717, 1.165) is 27.8 Å². The van der Waals surface area contributed by atoms with Crippen LogP contribution in [0.1, 0.15) is 22.5 Å². The normalized spacial score (nSPS) is 13.6. The molecule has 0 spiro atoms. The Morgan fingerprint density at radius 3 is 2.56 bits per heavy atom. The monoisotopic (exact) mass is 435 g/mol. The Labute approximate surface area is 184 Å². The molecule has 0 fully saturated rings. The van der Waals surface area contributed by atoms with Crippen LogP contribution in [0.5, 0.6) is 17.2 Å². The Hall–Kier alpha value is -4.00. The van der Waals surface area contributed by atoms with Crippen molar-refractivity contribution in [1.29, 1.82) is 0 Å². The van der Waals surface area contributed by atoms with Crippen LogP contribution in [0.25, 0.3) is 17.7 Å². The highest BCUT2D eigenvalue weighted by molar-refractivity contribution is 6.02. The van der Waals surface area contributed by atoms with Crippen LogP contribution in [0.3, 0.4) is 0 Å². The highest BCUT2D eigenvalue weighted by Crippen LogP contribution is 2.41. The molecular formula is C25H22FNO5. The third-order valence-corrected chi connectivity index (χ3v) is 5.18. The van der Waals surface area contributed by atoms with Gasteiger partial charge in [-0.15, -0.1) is 0 Å². The molecule has 0 saturated heterocycles. The molecule has 7 heteroatoms. The Bertz CT molecular complexity index is 1190. The van der Waals surface area contributed by atoms with Crippen molar-refractivity contribution >= 4 is 23.6 Å². The van der Waals surface area contributed by atoms with E-state index in [4.69, 9.17) is 13.9 Å². The van der Waals surface area contributed by atoms with Gasteiger partial charge in [-0.3, -0.25) is 4.79 Å². The molecule has 0 saturated carbocycles. The Balaban J connectivity index is 1.65. The van der Waals surface area contributed by atoms with Crippen LogP contribution in [0, 0.1) is 5.82 Å². The quantitative estimate of drug-likeness (QED) is 0.574. The lowest BCUT2D eigenvalue weighted by Gasteiger charge is -2.12. The van der Waals surface area contributed by atoms with E-state index in [1.165, 1.54) is 32.6 Å². The van der Waals surface area contributed by atoms with Gasteiger partial charge >= 0.3 is 0 Å². The first-order valence-electron chi connectivity index (χ1n) is 9.95. The van der Waals surface area contributed by atoms with E-state index in [2.05, 4.69) is 5.32 Å². The number of phenolic OH excluding ortho intramolecular Hbond substituents is 1. The Morgan fingerprint density at radius 2 is 1.91 bits per heavy atom. The minimum atomic E-state index is -0.338. The average Bonchev–Trinajstić information content (AvgIpc) is 3.40. The van der Waals surface area contributed by atoms with Gasteiger partial charge in [0, 0.05) is 6.54 Å². The zero-order valence-electron chi connectivity index (χ0n) is 17.6. The maximum Gasteiger partial charge on any atom is 0.227 e. The molecule has 1 aliphatic carbocycles. The lowest BCUT2D eigenvalue weighted by molar-refractivity contribution is -0.120. The number of phenols is 1. The van der Waals surface area contributed by atoms with Gasteiger partial charge in [0.1, 0.15) is 11.6 Å². The molecule has 6 nitrogen and oxygen atoms in total. The summed E-state index contributed by atoms with van der Waals surface area (Å²) in [4.78, 5) is 12.3. The molecule has 0 radical (unpaired) electrons. The fraction of sp³-hybridized carbons (Fsp3) is 0.160. The number of carbonyl (C=O) groups excluding carboxylic acids is 1. The second-order valence-corrected chi connectivity index (χ2v) is 7.27. The number of hydrogen-bond donors (Lipinski definition) is 2. The number of aromatic hydroxyl groups is 1. The summed E-state index contributed by atoms with van der Waals surface area (Å²) in [6, 6.07) is 11.4. The first-order chi connectivity index (χ1) is 15.5. The van der Waals surface area contributed by atoms with E-state index in [0.29, 0.717) is 5.76 Å². The van der Waals surface area contributed by atoms with Crippen LogP contribution in [0.15, 0.2) is 58.7 Å². The third-order valence-electron chi connectivity index (χ3n) is 5.18. The molecule has 0 bridgehead atoms. The van der Waals surface area contributed by atoms with Crippen LogP contribution in [0.2, 0.25) is 0 Å². The third kappa shape index (κ3) is 4.37. The number of halogens is 1. The van der Waals surface area contributed by atoms with Crippen molar-refractivity contribution < 1.29 is 28.2 Å². The molecule has 4 rings (SSSR count). The van der Waals surface area contributed by atoms with Gasteiger partial charge in [-0.25, -0.2) is 4.39 Å². The van der Waals surface area contributed by atoms with Crippen molar-refractivity contribution in [3.05, 3.63) is 82.6 Å². The second kappa shape index (κ2) is 9.01. The number of ether oxygens (including phenoxy) is 2. The van der Waals surface area contributed by atoms with Crippen LogP contribution in [-0.4, -0.2) is 31.8 Å². The molecule has 0 unspecified atom stereocenters. The smallest absolute Gasteiger partial charge is 0.227 e. The number of carbonyl (C=O) groups is 1. The molecule has 2 N–H and O–H groups in total. The van der Waals surface area contributed by atoms with Crippen LogP contribution in [-0.2, 0) is 11.2 Å². The van der Waals surface area contributed by atoms with E-state index in [-0.39, 0.29) is 41.9 Å². The number of amides is 1. The lowest BCUT2D eigenvalue weighted by Crippen LogP contribution is -2.26. The summed E-state index contributed by atoms with van der Waals surface area (Å²) in [6.45, 7) is 0.258. The first-order valence-corrected chi connectivity index (χ1v) is 9.95. The summed E-state index contributed by atoms with van der Waals surface area (Å²) in [5.74, 6) is 0.502. The van der Waals surface area contributed by atoms with Gasteiger partial charge in [-0.05, 0) is 76.4 Å². The molecule has 3 aromatic rings. The minimum absolute atomic E-state index is 0.0907. The predicted octanol–water partition coefficient (Wildman–Crippen LogP) is 4.44. The average molecular weight is 435 g/mol. The number of rotatable bonds is 7. The molecule has 1 heterocycles. The molecule has 1 amide bonds. The van der Waals surface area contributed by atoms with Crippen LogP contribution >= 0.6 is 0 Å². The van der Waals surface area contributed by atoms with Crippen molar-refractivity contribution in [3.63, 3.8) is 0 Å². The number of benzene rings is 2. The summed E-state index contributed by atoms with van der Waals surface area (Å²) < 4.78 is 29.5. The number of methoxy groups -OCH3 is 2. The topological polar surface area (TPSA) is 80.9 Å². The van der Waals surface area contributed by atoms with Gasteiger partial charge in [-0.2, -0.15) is 0 Å². The first kappa shape index (κ1) is 21.2. The SMILES string of the molecule is COc1cc(/C=C2/C(CNC(=O)Cc3ccco3)=Cc3cc(F)ccc32)cc(OC)c1O. The van der Waals surface area contributed by atoms with Crippen molar-refractivity contribution in [2.24, 2.45) is 0 Å². The largest absolute Gasteiger partial charge is 0.502 e. The standard InChI is InChI=1S/C25H22FNO5/c1-30-22-9-15(10-23(31-2)25(22)29)8-21-17(11-16-12-18(26)5-6-20(16)21)14-27-24(28)13-19-4-3-7-32-19/h3-12,29H,13-14H2,1-2H3,(H,27,28)/b21-8-. The van der Waals surface area contributed by atoms with E-state index < -0.39 is 0 Å². The predicted molar refractivity (Wildman–Crippen MR) is 119 cm³/mol. The van der Waals surface area contributed by atoms with Crippen LogP contribution < -0.4 is 14.8 Å². The van der Waals surface area contributed by atoms with Crippen molar-refractivity contribution in [2.45, 2.75) is 6.42 Å². The lowest BCUT2D eigenvalue weighted by atomic mass is 9.99. The Morgan fingerprint density at radius 1 is 1.16 bits per heavy atom. The fourth-order valence-electron chi connectivity index (χ4n) is 3.64. The van der Waals surface area contributed by atoms with Gasteiger partial charge < -0.3 is 24.3 Å². The molecule has 164 valence electrons. The summed E-state index contributed by atoms with van der Waals surface area (Å²) in [6.07, 6.45) is 5.40. The maximum atomic E-state index is 13.8. The van der Waals surface area contributed by atoms with Crippen molar-refractivity contribution in [2.75, 3.05) is 20.8 Å². The van der Waals surface area contributed by atoms with Gasteiger partial charge in [0.2, 0.25) is 11.7 Å². The number of nitrogens with one attached hydrogen (secondary N) is 1. The van der Waals surface area contributed by atoms with E-state index in [9.17, 15) is 14.3 Å². The van der Waals surface area contributed by atoms with Crippen LogP contribution in [0.4, 0.5) is 4.39 Å². The zero-order valence-corrected chi connectivity index (χ0v) is 17.6. The molecule has 2 aromatic carbocycles. The highest BCUT2D eigenvalue weighted by atomic mass is 19.1. The molecular weight excluding hydrogens is 413 g/mol. The molecule has 0 aliphatic heterocycles. The summed E-state index contributed by atoms with van der Waals surface area (Å²) in [5, 5.41) is 13.1.